The molecule has 1 aliphatic heterocycles. The maximum absolute atomic E-state index is 12.1. The van der Waals surface area contributed by atoms with Crippen LogP contribution in [-0.2, 0) is 4.79 Å². The summed E-state index contributed by atoms with van der Waals surface area (Å²) in [4.78, 5) is 12.1. The molecule has 5 atom stereocenters. The van der Waals surface area contributed by atoms with E-state index in [1.165, 1.54) is 0 Å². The van der Waals surface area contributed by atoms with E-state index in [-0.39, 0.29) is 41.0 Å². The van der Waals surface area contributed by atoms with Gasteiger partial charge in [-0.15, -0.1) is 0 Å². The number of aliphatic hydroxyl groups is 1. The van der Waals surface area contributed by atoms with E-state index in [9.17, 15) is 15.0 Å². The zero-order valence-corrected chi connectivity index (χ0v) is 18.0. The first-order chi connectivity index (χ1) is 13.1. The largest absolute Gasteiger partial charge is 0.508 e. The first kappa shape index (κ1) is 21.2. The van der Waals surface area contributed by atoms with Gasteiger partial charge in [-0.1, -0.05) is 26.7 Å². The van der Waals surface area contributed by atoms with Gasteiger partial charge in [0.15, 0.2) is 0 Å². The van der Waals surface area contributed by atoms with Crippen LogP contribution in [0.5, 0.6) is 11.5 Å². The minimum absolute atomic E-state index is 0.0489. The summed E-state index contributed by atoms with van der Waals surface area (Å²) >= 11 is 0. The molecule has 4 heteroatoms. The van der Waals surface area contributed by atoms with Crippen LogP contribution in [0.25, 0.3) is 0 Å². The van der Waals surface area contributed by atoms with Gasteiger partial charge in [0.1, 0.15) is 22.9 Å². The van der Waals surface area contributed by atoms with E-state index in [0.717, 1.165) is 42.6 Å². The van der Waals surface area contributed by atoms with Gasteiger partial charge in [0, 0.05) is 30.2 Å². The summed E-state index contributed by atoms with van der Waals surface area (Å²) in [6.45, 7) is 10.5. The van der Waals surface area contributed by atoms with Crippen molar-refractivity contribution in [2.75, 3.05) is 0 Å². The maximum Gasteiger partial charge on any atom is 0.133 e. The van der Waals surface area contributed by atoms with Gasteiger partial charge in [-0.25, -0.2) is 0 Å². The zero-order valence-electron chi connectivity index (χ0n) is 18.0. The van der Waals surface area contributed by atoms with Crippen molar-refractivity contribution in [3.63, 3.8) is 0 Å². The van der Waals surface area contributed by atoms with Gasteiger partial charge in [0.05, 0.1) is 6.10 Å². The van der Waals surface area contributed by atoms with Gasteiger partial charge in [-0.3, -0.25) is 4.79 Å². The monoisotopic (exact) mass is 388 g/mol. The standard InChI is InChI=1S/C24H36O4/c1-14(7-6-8-15(2)25)16(3)17-11-21(27)23-19-13-18(26)9-10-20(19)24(4,5)28-22(23)12-17/h11-12,14-16,19-20,25,27H,6-10,13H2,1-5H3/t14?,15?,16?,19-,20-/m1/s1. The number of hydrogen-bond acceptors (Lipinski definition) is 4. The number of phenols is 1. The number of benzene rings is 1. The molecule has 1 aromatic carbocycles. The summed E-state index contributed by atoms with van der Waals surface area (Å²) in [5.41, 5.74) is 1.57. The lowest BCUT2D eigenvalue weighted by Crippen LogP contribution is -2.47. The molecular weight excluding hydrogens is 352 g/mol. The van der Waals surface area contributed by atoms with E-state index in [1.807, 2.05) is 13.0 Å². The number of aliphatic hydroxyl groups excluding tert-OH is 1. The number of hydrogen-bond donors (Lipinski definition) is 2. The highest BCUT2D eigenvalue weighted by atomic mass is 16.5. The number of fused-ring (bicyclic) bond motifs is 3. The second-order valence-corrected chi connectivity index (χ2v) is 9.70. The topological polar surface area (TPSA) is 66.8 Å². The fourth-order valence-corrected chi connectivity index (χ4v) is 5.17. The van der Waals surface area contributed by atoms with Gasteiger partial charge >= 0.3 is 0 Å². The minimum Gasteiger partial charge on any atom is -0.508 e. The Labute approximate surface area is 169 Å². The number of ketones is 1. The van der Waals surface area contributed by atoms with Crippen LogP contribution in [0.4, 0.5) is 0 Å². The number of ether oxygens (including phenoxy) is 1. The zero-order chi connectivity index (χ0) is 20.6. The van der Waals surface area contributed by atoms with Crippen LogP contribution >= 0.6 is 0 Å². The highest BCUT2D eigenvalue weighted by molar-refractivity contribution is 5.81. The second-order valence-electron chi connectivity index (χ2n) is 9.70. The van der Waals surface area contributed by atoms with Gasteiger partial charge < -0.3 is 14.9 Å². The highest BCUT2D eigenvalue weighted by Crippen LogP contribution is 2.54. The van der Waals surface area contributed by atoms with Crippen LogP contribution in [0.2, 0.25) is 0 Å². The van der Waals surface area contributed by atoms with Gasteiger partial charge in [0.25, 0.3) is 0 Å². The summed E-state index contributed by atoms with van der Waals surface area (Å²) in [5.74, 6) is 2.33. The SMILES string of the molecule is CC(O)CCCC(C)C(C)c1cc(O)c2c(c1)OC(C)(C)[C@@H]1CCC(=O)C[C@@H]21. The molecule has 0 saturated heterocycles. The predicted octanol–water partition coefficient (Wildman–Crippen LogP) is 5.31. The molecule has 0 bridgehead atoms. The lowest BCUT2D eigenvalue weighted by atomic mass is 9.66. The normalized spacial score (nSPS) is 26.6. The molecule has 1 heterocycles. The molecular formula is C24H36O4. The maximum atomic E-state index is 12.1. The second kappa shape index (κ2) is 8.06. The molecule has 1 saturated carbocycles. The molecule has 1 aliphatic carbocycles. The van der Waals surface area contributed by atoms with E-state index in [0.29, 0.717) is 18.8 Å². The molecule has 2 N–H and O–H groups in total. The van der Waals surface area contributed by atoms with Crippen molar-refractivity contribution in [2.24, 2.45) is 11.8 Å². The Hall–Kier alpha value is -1.55. The third-order valence-electron chi connectivity index (χ3n) is 7.11. The Bertz CT molecular complexity index is 722. The van der Waals surface area contributed by atoms with Crippen molar-refractivity contribution in [3.05, 3.63) is 23.3 Å². The van der Waals surface area contributed by atoms with Crippen molar-refractivity contribution in [3.8, 4) is 11.5 Å². The summed E-state index contributed by atoms with van der Waals surface area (Å²) in [6, 6.07) is 3.97. The van der Waals surface area contributed by atoms with E-state index in [2.05, 4.69) is 33.8 Å². The molecule has 3 unspecified atom stereocenters. The van der Waals surface area contributed by atoms with E-state index >= 15 is 0 Å². The van der Waals surface area contributed by atoms with Crippen LogP contribution in [-0.4, -0.2) is 27.7 Å². The van der Waals surface area contributed by atoms with Crippen LogP contribution in [0, 0.1) is 11.8 Å². The predicted molar refractivity (Wildman–Crippen MR) is 111 cm³/mol. The molecule has 3 rings (SSSR count). The van der Waals surface area contributed by atoms with Crippen LogP contribution < -0.4 is 4.74 Å². The van der Waals surface area contributed by atoms with Crippen molar-refractivity contribution >= 4 is 5.78 Å². The molecule has 156 valence electrons. The molecule has 0 spiro atoms. The smallest absolute Gasteiger partial charge is 0.133 e. The van der Waals surface area contributed by atoms with Crippen molar-refractivity contribution in [2.45, 2.75) is 96.7 Å². The van der Waals surface area contributed by atoms with Gasteiger partial charge in [-0.2, -0.15) is 0 Å². The van der Waals surface area contributed by atoms with Crippen molar-refractivity contribution < 1.29 is 19.7 Å². The lowest BCUT2D eigenvalue weighted by Gasteiger charge is -2.47. The number of carbonyl (C=O) groups is 1. The highest BCUT2D eigenvalue weighted by Gasteiger charge is 2.47. The number of aromatic hydroxyl groups is 1. The third kappa shape index (κ3) is 4.22. The Kier molecular flexibility index (Phi) is 6.09. The fraction of sp³-hybridized carbons (Fsp3) is 0.708. The van der Waals surface area contributed by atoms with E-state index in [4.69, 9.17) is 4.74 Å². The van der Waals surface area contributed by atoms with Crippen LogP contribution in [0.3, 0.4) is 0 Å². The van der Waals surface area contributed by atoms with E-state index < -0.39 is 0 Å². The van der Waals surface area contributed by atoms with Crippen molar-refractivity contribution in [1.29, 1.82) is 0 Å². The summed E-state index contributed by atoms with van der Waals surface area (Å²) < 4.78 is 6.38. The molecule has 0 amide bonds. The molecule has 1 aromatic rings. The number of Topliss-reactive ketones (excluding diaryl/α,β-unsaturated/α-hetero) is 1. The van der Waals surface area contributed by atoms with Crippen LogP contribution in [0.1, 0.15) is 96.1 Å². The molecule has 1 fully saturated rings. The van der Waals surface area contributed by atoms with Crippen molar-refractivity contribution in [1.82, 2.24) is 0 Å². The van der Waals surface area contributed by atoms with Gasteiger partial charge in [-0.05, 0) is 63.1 Å². The Morgan fingerprint density at radius 1 is 1.21 bits per heavy atom. The van der Waals surface area contributed by atoms with Gasteiger partial charge in [0.2, 0.25) is 0 Å². The molecule has 28 heavy (non-hydrogen) atoms. The molecule has 0 aromatic heterocycles. The first-order valence-corrected chi connectivity index (χ1v) is 10.9. The third-order valence-corrected chi connectivity index (χ3v) is 7.11. The summed E-state index contributed by atoms with van der Waals surface area (Å²) in [7, 11) is 0. The average molecular weight is 389 g/mol. The number of rotatable bonds is 6. The minimum atomic E-state index is -0.338. The summed E-state index contributed by atoms with van der Waals surface area (Å²) in [5, 5.41) is 20.4. The Balaban J connectivity index is 1.86. The number of carbonyl (C=O) groups excluding carboxylic acids is 1. The average Bonchev–Trinajstić information content (AvgIpc) is 2.59. The summed E-state index contributed by atoms with van der Waals surface area (Å²) in [6.07, 6.45) is 4.54. The first-order valence-electron chi connectivity index (χ1n) is 10.9. The molecule has 2 aliphatic rings. The number of phenolic OH excluding ortho intramolecular Hbond substituents is 1. The van der Waals surface area contributed by atoms with E-state index in [1.54, 1.807) is 0 Å². The van der Waals surface area contributed by atoms with Crippen LogP contribution in [0.15, 0.2) is 12.1 Å². The molecule has 4 nitrogen and oxygen atoms in total. The Morgan fingerprint density at radius 2 is 1.93 bits per heavy atom. The quantitative estimate of drug-likeness (QED) is 0.693. The molecule has 0 radical (unpaired) electrons. The lowest BCUT2D eigenvalue weighted by molar-refractivity contribution is -0.124. The fourth-order valence-electron chi connectivity index (χ4n) is 5.17. The Morgan fingerprint density at radius 3 is 2.61 bits per heavy atom.